The molecule has 32 heavy (non-hydrogen) atoms. The van der Waals surface area contributed by atoms with Crippen LogP contribution >= 0.6 is 11.3 Å². The number of benzene rings is 2. The largest absolute Gasteiger partial charge is 0.494 e. The average Bonchev–Trinajstić information content (AvgIpc) is 3.10. The Labute approximate surface area is 192 Å². The molecule has 1 heterocycles. The molecular formula is C25H27NO5S. The van der Waals surface area contributed by atoms with Crippen LogP contribution < -0.4 is 14.8 Å². The molecule has 168 valence electrons. The molecule has 3 rings (SSSR count). The Bertz CT molecular complexity index is 1120. The molecule has 0 aliphatic heterocycles. The Kier molecular flexibility index (Phi) is 7.53. The van der Waals surface area contributed by atoms with Gasteiger partial charge in [0.2, 0.25) is 0 Å². The number of nitrogens with one attached hydrogen (secondary N) is 1. The van der Waals surface area contributed by atoms with E-state index in [9.17, 15) is 9.59 Å². The van der Waals surface area contributed by atoms with Gasteiger partial charge in [-0.05, 0) is 62.6 Å². The van der Waals surface area contributed by atoms with Crippen molar-refractivity contribution in [1.82, 2.24) is 0 Å². The highest BCUT2D eigenvalue weighted by molar-refractivity contribution is 7.17. The van der Waals surface area contributed by atoms with E-state index < -0.39 is 5.97 Å². The monoisotopic (exact) mass is 453 g/mol. The van der Waals surface area contributed by atoms with Crippen molar-refractivity contribution >= 4 is 28.2 Å². The highest BCUT2D eigenvalue weighted by Crippen LogP contribution is 2.40. The molecule has 0 fully saturated rings. The number of thiophene rings is 1. The van der Waals surface area contributed by atoms with Gasteiger partial charge in [-0.15, -0.1) is 11.3 Å². The Balaban J connectivity index is 1.84. The third-order valence-corrected chi connectivity index (χ3v) is 6.12. The van der Waals surface area contributed by atoms with Crippen LogP contribution in [0.1, 0.15) is 33.3 Å². The number of esters is 1. The van der Waals surface area contributed by atoms with E-state index in [0.717, 1.165) is 32.9 Å². The van der Waals surface area contributed by atoms with Crippen LogP contribution in [0.5, 0.6) is 11.5 Å². The Morgan fingerprint density at radius 2 is 1.72 bits per heavy atom. The minimum absolute atomic E-state index is 0.166. The quantitative estimate of drug-likeness (QED) is 0.453. The van der Waals surface area contributed by atoms with E-state index in [4.69, 9.17) is 14.2 Å². The van der Waals surface area contributed by atoms with Gasteiger partial charge >= 0.3 is 5.97 Å². The fourth-order valence-electron chi connectivity index (χ4n) is 3.35. The van der Waals surface area contributed by atoms with Crippen molar-refractivity contribution in [2.24, 2.45) is 0 Å². The Morgan fingerprint density at radius 1 is 1.00 bits per heavy atom. The number of methoxy groups -OCH3 is 1. The predicted octanol–water partition coefficient (Wildman–Crippen LogP) is 5.54. The lowest BCUT2D eigenvalue weighted by Crippen LogP contribution is -2.21. The average molecular weight is 454 g/mol. The molecule has 0 saturated carbocycles. The van der Waals surface area contributed by atoms with Gasteiger partial charge in [-0.1, -0.05) is 24.3 Å². The maximum absolute atomic E-state index is 12.6. The first-order valence-corrected chi connectivity index (χ1v) is 11.1. The highest BCUT2D eigenvalue weighted by atomic mass is 32.1. The van der Waals surface area contributed by atoms with Crippen LogP contribution in [0, 0.1) is 20.8 Å². The van der Waals surface area contributed by atoms with Gasteiger partial charge in [-0.3, -0.25) is 4.79 Å². The van der Waals surface area contributed by atoms with Crippen molar-refractivity contribution in [2.45, 2.75) is 27.7 Å². The number of carbonyl (C=O) groups is 2. The normalized spacial score (nSPS) is 10.5. The van der Waals surface area contributed by atoms with Gasteiger partial charge in [0.05, 0.1) is 13.7 Å². The summed E-state index contributed by atoms with van der Waals surface area (Å²) in [6.45, 7) is 8.17. The van der Waals surface area contributed by atoms with Gasteiger partial charge in [0, 0.05) is 10.4 Å². The van der Waals surface area contributed by atoms with Crippen LogP contribution in [0.4, 0.5) is 5.00 Å². The molecule has 2 aromatic carbocycles. The summed E-state index contributed by atoms with van der Waals surface area (Å²) in [6.07, 6.45) is 0. The molecule has 1 amide bonds. The molecule has 0 saturated heterocycles. The van der Waals surface area contributed by atoms with Crippen LogP contribution in [0.25, 0.3) is 11.1 Å². The van der Waals surface area contributed by atoms with Crippen LogP contribution in [0.3, 0.4) is 0 Å². The van der Waals surface area contributed by atoms with E-state index in [2.05, 4.69) is 5.32 Å². The van der Waals surface area contributed by atoms with Crippen molar-refractivity contribution in [2.75, 3.05) is 25.6 Å². The van der Waals surface area contributed by atoms with Crippen LogP contribution in [-0.4, -0.2) is 32.2 Å². The summed E-state index contributed by atoms with van der Waals surface area (Å²) in [5, 5.41) is 3.26. The zero-order chi connectivity index (χ0) is 23.3. The third kappa shape index (κ3) is 5.11. The standard InChI is InChI=1S/C25H27NO5S/c1-6-30-19-12-10-18(11-13-19)22-17(4)32-24(23(22)25(28)29-5)26-21(27)14-31-20-9-7-8-15(2)16(20)3/h7-13H,6,14H2,1-5H3,(H,26,27). The molecular weight excluding hydrogens is 426 g/mol. The highest BCUT2D eigenvalue weighted by Gasteiger charge is 2.25. The van der Waals surface area contributed by atoms with Gasteiger partial charge in [0.25, 0.3) is 5.91 Å². The molecule has 0 aliphatic carbocycles. The number of anilines is 1. The summed E-state index contributed by atoms with van der Waals surface area (Å²) in [6, 6.07) is 13.2. The molecule has 1 N–H and O–H groups in total. The third-order valence-electron chi connectivity index (χ3n) is 5.09. The smallest absolute Gasteiger partial charge is 0.341 e. The second-order valence-corrected chi connectivity index (χ2v) is 8.45. The summed E-state index contributed by atoms with van der Waals surface area (Å²) in [7, 11) is 1.33. The molecule has 0 aliphatic rings. The summed E-state index contributed by atoms with van der Waals surface area (Å²) in [5.74, 6) is 0.547. The predicted molar refractivity (Wildman–Crippen MR) is 127 cm³/mol. The number of hydrogen-bond acceptors (Lipinski definition) is 6. The molecule has 0 radical (unpaired) electrons. The second-order valence-electron chi connectivity index (χ2n) is 7.22. The zero-order valence-corrected chi connectivity index (χ0v) is 19.7. The zero-order valence-electron chi connectivity index (χ0n) is 18.9. The van der Waals surface area contributed by atoms with Crippen molar-refractivity contribution in [1.29, 1.82) is 0 Å². The van der Waals surface area contributed by atoms with E-state index >= 15 is 0 Å². The summed E-state index contributed by atoms with van der Waals surface area (Å²) in [5.41, 5.74) is 3.98. The number of ether oxygens (including phenoxy) is 3. The van der Waals surface area contributed by atoms with E-state index in [1.54, 1.807) is 0 Å². The van der Waals surface area contributed by atoms with E-state index in [1.807, 2.05) is 70.2 Å². The molecule has 6 nitrogen and oxygen atoms in total. The van der Waals surface area contributed by atoms with E-state index in [1.165, 1.54) is 18.4 Å². The van der Waals surface area contributed by atoms with E-state index in [-0.39, 0.29) is 12.5 Å². The number of amides is 1. The van der Waals surface area contributed by atoms with Crippen molar-refractivity contribution in [3.05, 3.63) is 64.0 Å². The molecule has 0 unspecified atom stereocenters. The Morgan fingerprint density at radius 3 is 2.38 bits per heavy atom. The molecule has 0 bridgehead atoms. The van der Waals surface area contributed by atoms with Gasteiger partial charge in [0.1, 0.15) is 22.1 Å². The number of hydrogen-bond donors (Lipinski definition) is 1. The first kappa shape index (κ1) is 23.3. The SMILES string of the molecule is CCOc1ccc(-c2c(C)sc(NC(=O)COc3cccc(C)c3C)c2C(=O)OC)cc1. The lowest BCUT2D eigenvalue weighted by molar-refractivity contribution is -0.118. The molecule has 3 aromatic rings. The summed E-state index contributed by atoms with van der Waals surface area (Å²) < 4.78 is 16.2. The minimum atomic E-state index is -0.510. The van der Waals surface area contributed by atoms with Crippen molar-refractivity contribution < 1.29 is 23.8 Å². The minimum Gasteiger partial charge on any atom is -0.494 e. The lowest BCUT2D eigenvalue weighted by Gasteiger charge is -2.11. The fourth-order valence-corrected chi connectivity index (χ4v) is 4.43. The lowest BCUT2D eigenvalue weighted by atomic mass is 10.0. The first-order chi connectivity index (χ1) is 15.3. The topological polar surface area (TPSA) is 73.9 Å². The second kappa shape index (κ2) is 10.3. The first-order valence-electron chi connectivity index (χ1n) is 10.3. The van der Waals surface area contributed by atoms with Crippen LogP contribution in [0.15, 0.2) is 42.5 Å². The molecule has 0 spiro atoms. The Hall–Kier alpha value is -3.32. The number of rotatable bonds is 8. The van der Waals surface area contributed by atoms with E-state index in [0.29, 0.717) is 22.9 Å². The molecule has 7 heteroatoms. The number of aryl methyl sites for hydroxylation is 2. The molecule has 0 atom stereocenters. The maximum Gasteiger partial charge on any atom is 0.341 e. The van der Waals surface area contributed by atoms with Crippen LogP contribution in [-0.2, 0) is 9.53 Å². The summed E-state index contributed by atoms with van der Waals surface area (Å²) in [4.78, 5) is 26.1. The van der Waals surface area contributed by atoms with Gasteiger partial charge in [-0.2, -0.15) is 0 Å². The summed E-state index contributed by atoms with van der Waals surface area (Å²) >= 11 is 1.33. The van der Waals surface area contributed by atoms with Crippen molar-refractivity contribution in [3.8, 4) is 22.6 Å². The van der Waals surface area contributed by atoms with Gasteiger partial charge < -0.3 is 19.5 Å². The number of carbonyl (C=O) groups excluding carboxylic acids is 2. The van der Waals surface area contributed by atoms with Gasteiger partial charge in [0.15, 0.2) is 6.61 Å². The van der Waals surface area contributed by atoms with Gasteiger partial charge in [-0.25, -0.2) is 4.79 Å². The van der Waals surface area contributed by atoms with Crippen LogP contribution in [0.2, 0.25) is 0 Å². The van der Waals surface area contributed by atoms with Crippen molar-refractivity contribution in [3.63, 3.8) is 0 Å². The maximum atomic E-state index is 12.6. The fraction of sp³-hybridized carbons (Fsp3) is 0.280. The molecule has 1 aromatic heterocycles.